The van der Waals surface area contributed by atoms with Gasteiger partial charge in [0.25, 0.3) is 0 Å². The third-order valence-corrected chi connectivity index (χ3v) is 5.54. The largest absolute Gasteiger partial charge is 0.354 e. The Labute approximate surface area is 123 Å². The second-order valence-corrected chi connectivity index (χ2v) is 7.43. The first-order chi connectivity index (χ1) is 9.51. The van der Waals surface area contributed by atoms with Crippen LogP contribution < -0.4 is 10.6 Å². The molecule has 1 aromatic rings. The van der Waals surface area contributed by atoms with E-state index in [4.69, 9.17) is 11.6 Å². The van der Waals surface area contributed by atoms with E-state index in [1.165, 1.54) is 0 Å². The van der Waals surface area contributed by atoms with Gasteiger partial charge in [-0.05, 0) is 30.9 Å². The Balaban J connectivity index is 2.00. The van der Waals surface area contributed by atoms with E-state index >= 15 is 0 Å². The first kappa shape index (κ1) is 15.2. The zero-order valence-electron chi connectivity index (χ0n) is 11.3. The lowest BCUT2D eigenvalue weighted by atomic mass is 10.2. The lowest BCUT2D eigenvalue weighted by molar-refractivity contribution is 0.591. The van der Waals surface area contributed by atoms with Crippen molar-refractivity contribution in [2.45, 2.75) is 31.4 Å². The Morgan fingerprint density at radius 1 is 1.25 bits per heavy atom. The molecule has 20 heavy (non-hydrogen) atoms. The standard InChI is InChI=1S/C11H18ClN5O2S/c1-2-5-13-10-15-9(12)16-11(17-10)14-7-8-4-3-6-20(8,18)19/h8H,2-7H2,1H3,(H2,13,14,15,16,17). The van der Waals surface area contributed by atoms with Crippen LogP contribution in [0.4, 0.5) is 11.9 Å². The highest BCUT2D eigenvalue weighted by atomic mass is 35.5. The molecule has 0 saturated carbocycles. The molecule has 2 heterocycles. The molecule has 0 bridgehead atoms. The van der Waals surface area contributed by atoms with Gasteiger partial charge in [0.1, 0.15) is 0 Å². The third kappa shape index (κ3) is 3.92. The number of hydrogen-bond donors (Lipinski definition) is 2. The maximum Gasteiger partial charge on any atom is 0.228 e. The van der Waals surface area contributed by atoms with Crippen molar-refractivity contribution in [1.29, 1.82) is 0 Å². The molecule has 112 valence electrons. The molecular formula is C11H18ClN5O2S. The molecule has 1 unspecified atom stereocenters. The fourth-order valence-electron chi connectivity index (χ4n) is 2.04. The van der Waals surface area contributed by atoms with E-state index in [1.807, 2.05) is 6.92 Å². The SMILES string of the molecule is CCCNc1nc(Cl)nc(NCC2CCCS2(=O)=O)n1. The molecule has 2 N–H and O–H groups in total. The molecule has 1 aromatic heterocycles. The molecule has 9 heteroatoms. The van der Waals surface area contributed by atoms with Crippen molar-refractivity contribution in [2.24, 2.45) is 0 Å². The Kier molecular flexibility index (Phi) is 4.98. The predicted molar refractivity (Wildman–Crippen MR) is 78.9 cm³/mol. The molecule has 0 amide bonds. The number of aromatic nitrogens is 3. The highest BCUT2D eigenvalue weighted by Crippen LogP contribution is 2.20. The second kappa shape index (κ2) is 6.53. The van der Waals surface area contributed by atoms with Crippen molar-refractivity contribution in [1.82, 2.24) is 15.0 Å². The molecule has 1 aliphatic heterocycles. The summed E-state index contributed by atoms with van der Waals surface area (Å²) in [5.74, 6) is 0.954. The molecule has 0 aliphatic carbocycles. The van der Waals surface area contributed by atoms with Crippen LogP contribution in [0.1, 0.15) is 26.2 Å². The molecule has 0 aromatic carbocycles. The minimum Gasteiger partial charge on any atom is -0.354 e. The molecule has 7 nitrogen and oxygen atoms in total. The van der Waals surface area contributed by atoms with Crippen molar-refractivity contribution >= 4 is 33.3 Å². The van der Waals surface area contributed by atoms with Gasteiger partial charge in [-0.15, -0.1) is 0 Å². The number of nitrogens with one attached hydrogen (secondary N) is 2. The smallest absolute Gasteiger partial charge is 0.228 e. The Morgan fingerprint density at radius 2 is 1.95 bits per heavy atom. The summed E-state index contributed by atoms with van der Waals surface area (Å²) in [4.78, 5) is 12.1. The summed E-state index contributed by atoms with van der Waals surface area (Å²) >= 11 is 5.82. The summed E-state index contributed by atoms with van der Waals surface area (Å²) in [7, 11) is -2.97. The topological polar surface area (TPSA) is 96.9 Å². The van der Waals surface area contributed by atoms with E-state index in [0.717, 1.165) is 19.4 Å². The zero-order chi connectivity index (χ0) is 14.6. The van der Waals surface area contributed by atoms with Crippen LogP contribution in [-0.2, 0) is 9.84 Å². The van der Waals surface area contributed by atoms with Crippen LogP contribution in [0.3, 0.4) is 0 Å². The third-order valence-electron chi connectivity index (χ3n) is 3.09. The van der Waals surface area contributed by atoms with E-state index in [-0.39, 0.29) is 16.3 Å². The molecule has 1 aliphatic rings. The summed E-state index contributed by atoms with van der Waals surface area (Å²) in [6.45, 7) is 3.06. The summed E-state index contributed by atoms with van der Waals surface area (Å²) in [6.07, 6.45) is 2.33. The zero-order valence-corrected chi connectivity index (χ0v) is 12.8. The lowest BCUT2D eigenvalue weighted by Gasteiger charge is -2.11. The van der Waals surface area contributed by atoms with Crippen LogP contribution in [0.5, 0.6) is 0 Å². The Hall–Kier alpha value is -1.15. The van der Waals surface area contributed by atoms with E-state index in [0.29, 0.717) is 24.9 Å². The molecule has 2 rings (SSSR count). The van der Waals surface area contributed by atoms with Crippen LogP contribution in [0.2, 0.25) is 5.28 Å². The van der Waals surface area contributed by atoms with Crippen molar-refractivity contribution in [3.8, 4) is 0 Å². The van der Waals surface area contributed by atoms with Gasteiger partial charge in [0.05, 0.1) is 11.0 Å². The quantitative estimate of drug-likeness (QED) is 0.816. The van der Waals surface area contributed by atoms with Gasteiger partial charge in [0.15, 0.2) is 9.84 Å². The lowest BCUT2D eigenvalue weighted by Crippen LogP contribution is -2.26. The average Bonchev–Trinajstić information content (AvgIpc) is 2.72. The van der Waals surface area contributed by atoms with Gasteiger partial charge < -0.3 is 10.6 Å². The number of nitrogens with zero attached hydrogens (tertiary/aromatic N) is 3. The Bertz CT molecular complexity index is 566. The van der Waals surface area contributed by atoms with Crippen molar-refractivity contribution in [3.63, 3.8) is 0 Å². The van der Waals surface area contributed by atoms with E-state index in [2.05, 4.69) is 25.6 Å². The Morgan fingerprint density at radius 3 is 2.55 bits per heavy atom. The number of halogens is 1. The molecule has 0 radical (unpaired) electrons. The summed E-state index contributed by atoms with van der Waals surface area (Å²) in [5, 5.41) is 5.66. The molecule has 1 fully saturated rings. The minimum atomic E-state index is -2.97. The minimum absolute atomic E-state index is 0.0791. The molecule has 1 saturated heterocycles. The van der Waals surface area contributed by atoms with Crippen LogP contribution in [0.25, 0.3) is 0 Å². The van der Waals surface area contributed by atoms with E-state index < -0.39 is 9.84 Å². The first-order valence-corrected chi connectivity index (χ1v) is 8.71. The van der Waals surface area contributed by atoms with Crippen LogP contribution in [-0.4, -0.2) is 47.5 Å². The van der Waals surface area contributed by atoms with Gasteiger partial charge in [-0.1, -0.05) is 6.92 Å². The summed E-state index contributed by atoms with van der Waals surface area (Å²) in [5.41, 5.74) is 0. The van der Waals surface area contributed by atoms with Crippen LogP contribution >= 0.6 is 11.6 Å². The van der Waals surface area contributed by atoms with Crippen molar-refractivity contribution in [2.75, 3.05) is 29.5 Å². The van der Waals surface area contributed by atoms with Crippen LogP contribution in [0.15, 0.2) is 0 Å². The predicted octanol–water partition coefficient (Wildman–Crippen LogP) is 1.34. The van der Waals surface area contributed by atoms with Crippen molar-refractivity contribution < 1.29 is 8.42 Å². The van der Waals surface area contributed by atoms with E-state index in [1.54, 1.807) is 0 Å². The number of anilines is 2. The van der Waals surface area contributed by atoms with Gasteiger partial charge in [-0.2, -0.15) is 15.0 Å². The molecule has 1 atom stereocenters. The maximum absolute atomic E-state index is 11.7. The van der Waals surface area contributed by atoms with Gasteiger partial charge in [0.2, 0.25) is 17.2 Å². The van der Waals surface area contributed by atoms with Crippen molar-refractivity contribution in [3.05, 3.63) is 5.28 Å². The van der Waals surface area contributed by atoms with Gasteiger partial charge in [0, 0.05) is 13.1 Å². The number of rotatable bonds is 6. The second-order valence-electron chi connectivity index (χ2n) is 4.69. The van der Waals surface area contributed by atoms with Gasteiger partial charge in [-0.3, -0.25) is 0 Å². The average molecular weight is 320 g/mol. The number of sulfone groups is 1. The molecule has 0 spiro atoms. The summed E-state index contributed by atoms with van der Waals surface area (Å²) < 4.78 is 23.5. The first-order valence-electron chi connectivity index (χ1n) is 6.62. The monoisotopic (exact) mass is 319 g/mol. The highest BCUT2D eigenvalue weighted by molar-refractivity contribution is 7.92. The van der Waals surface area contributed by atoms with Gasteiger partial charge >= 0.3 is 0 Å². The summed E-state index contributed by atoms with van der Waals surface area (Å²) in [6, 6.07) is 0. The normalized spacial score (nSPS) is 20.8. The number of hydrogen-bond acceptors (Lipinski definition) is 7. The van der Waals surface area contributed by atoms with E-state index in [9.17, 15) is 8.42 Å². The maximum atomic E-state index is 11.7. The van der Waals surface area contributed by atoms with Gasteiger partial charge in [-0.25, -0.2) is 8.42 Å². The highest BCUT2D eigenvalue weighted by Gasteiger charge is 2.31. The van der Waals surface area contributed by atoms with Crippen LogP contribution in [0, 0.1) is 0 Å². The molecular weight excluding hydrogens is 302 g/mol. The fraction of sp³-hybridized carbons (Fsp3) is 0.727. The fourth-order valence-corrected chi connectivity index (χ4v) is 3.96.